The molecule has 0 saturated heterocycles. The van der Waals surface area contributed by atoms with E-state index in [0.717, 1.165) is 0 Å². The fourth-order valence-corrected chi connectivity index (χ4v) is 2.35. The first-order chi connectivity index (χ1) is 5.90. The summed E-state index contributed by atoms with van der Waals surface area (Å²) >= 11 is 0. The van der Waals surface area contributed by atoms with Crippen molar-refractivity contribution in [3.63, 3.8) is 0 Å². The monoisotopic (exact) mass is 198 g/mol. The normalized spacial score (nSPS) is 15.8. The van der Waals surface area contributed by atoms with Crippen LogP contribution in [0.3, 0.4) is 0 Å². The molecule has 0 amide bonds. The quantitative estimate of drug-likeness (QED) is 0.662. The average molecular weight is 199 g/mol. The Morgan fingerprint density at radius 2 is 1.83 bits per heavy atom. The predicted octanol–water partition coefficient (Wildman–Crippen LogP) is 3.81. The van der Waals surface area contributed by atoms with Crippen LogP contribution >= 0.6 is 21.7 Å². The van der Waals surface area contributed by atoms with Gasteiger partial charge in [0.2, 0.25) is 0 Å². The van der Waals surface area contributed by atoms with E-state index in [0.29, 0.717) is 0 Å². The number of rotatable bonds is 1. The summed E-state index contributed by atoms with van der Waals surface area (Å²) in [5.41, 5.74) is 3.03. The third-order valence-electron chi connectivity index (χ3n) is 2.41. The minimum atomic E-state index is 1.18. The second-order valence-electron chi connectivity index (χ2n) is 3.21. The standard InChI is InChI=1S/C10H11ClS/c11-12-10-6-5-8-3-1-2-4-9(8)7-10/h5-7H,1-4H2. The first-order valence-electron chi connectivity index (χ1n) is 4.30. The highest BCUT2D eigenvalue weighted by atomic mass is 35.7. The number of fused-ring (bicyclic) bond motifs is 1. The van der Waals surface area contributed by atoms with Gasteiger partial charge >= 0.3 is 0 Å². The van der Waals surface area contributed by atoms with Gasteiger partial charge in [-0.25, -0.2) is 0 Å². The average Bonchev–Trinajstić information content (AvgIpc) is 2.17. The highest BCUT2D eigenvalue weighted by Crippen LogP contribution is 2.28. The van der Waals surface area contributed by atoms with E-state index in [1.165, 1.54) is 52.7 Å². The van der Waals surface area contributed by atoms with E-state index < -0.39 is 0 Å². The Kier molecular flexibility index (Phi) is 2.62. The molecule has 0 radical (unpaired) electrons. The molecule has 0 saturated carbocycles. The summed E-state index contributed by atoms with van der Waals surface area (Å²) in [4.78, 5) is 1.18. The Bertz CT molecular complexity index is 283. The fourth-order valence-electron chi connectivity index (χ4n) is 1.76. The number of benzene rings is 1. The van der Waals surface area contributed by atoms with Crippen LogP contribution in [0.15, 0.2) is 23.1 Å². The van der Waals surface area contributed by atoms with Crippen molar-refractivity contribution in [2.24, 2.45) is 0 Å². The van der Waals surface area contributed by atoms with Gasteiger partial charge in [0.25, 0.3) is 0 Å². The molecule has 0 atom stereocenters. The zero-order chi connectivity index (χ0) is 8.39. The first kappa shape index (κ1) is 8.46. The van der Waals surface area contributed by atoms with Crippen LogP contribution in [0.5, 0.6) is 0 Å². The molecular weight excluding hydrogens is 188 g/mol. The molecule has 0 spiro atoms. The smallest absolute Gasteiger partial charge is 0.0236 e. The van der Waals surface area contributed by atoms with Crippen LogP contribution in [-0.4, -0.2) is 0 Å². The van der Waals surface area contributed by atoms with Gasteiger partial charge in [0.05, 0.1) is 0 Å². The van der Waals surface area contributed by atoms with Crippen LogP contribution in [0.2, 0.25) is 0 Å². The van der Waals surface area contributed by atoms with Crippen LogP contribution in [0.4, 0.5) is 0 Å². The summed E-state index contributed by atoms with van der Waals surface area (Å²) in [5, 5.41) is 0. The number of hydrogen-bond acceptors (Lipinski definition) is 1. The molecule has 1 aliphatic carbocycles. The lowest BCUT2D eigenvalue weighted by Gasteiger charge is -2.15. The molecule has 2 heteroatoms. The lowest BCUT2D eigenvalue weighted by Crippen LogP contribution is -2.01. The second kappa shape index (κ2) is 3.71. The minimum Gasteiger partial charge on any atom is -0.0576 e. The van der Waals surface area contributed by atoms with Crippen LogP contribution in [0, 0.1) is 0 Å². The lowest BCUT2D eigenvalue weighted by atomic mass is 9.92. The van der Waals surface area contributed by atoms with Gasteiger partial charge in [-0.3, -0.25) is 0 Å². The molecule has 0 unspecified atom stereocenters. The second-order valence-corrected chi connectivity index (χ2v) is 4.30. The minimum absolute atomic E-state index is 1.18. The number of halogens is 1. The van der Waals surface area contributed by atoms with Crippen molar-refractivity contribution in [1.29, 1.82) is 0 Å². The van der Waals surface area contributed by atoms with Crippen molar-refractivity contribution in [3.05, 3.63) is 29.3 Å². The summed E-state index contributed by atoms with van der Waals surface area (Å²) in [7, 11) is 7.00. The topological polar surface area (TPSA) is 0 Å². The van der Waals surface area contributed by atoms with Gasteiger partial charge in [0.15, 0.2) is 0 Å². The van der Waals surface area contributed by atoms with Crippen molar-refractivity contribution in [2.75, 3.05) is 0 Å². The van der Waals surface area contributed by atoms with Gasteiger partial charge in [-0.2, -0.15) is 0 Å². The summed E-state index contributed by atoms with van der Waals surface area (Å²) in [6.45, 7) is 0. The highest BCUT2D eigenvalue weighted by molar-refractivity contribution is 8.21. The van der Waals surface area contributed by atoms with Crippen molar-refractivity contribution in [1.82, 2.24) is 0 Å². The van der Waals surface area contributed by atoms with Gasteiger partial charge in [-0.1, -0.05) is 6.07 Å². The third kappa shape index (κ3) is 1.62. The summed E-state index contributed by atoms with van der Waals surface area (Å²) < 4.78 is 0. The molecule has 1 aliphatic rings. The first-order valence-corrected chi connectivity index (χ1v) is 5.95. The Morgan fingerprint density at radius 1 is 1.08 bits per heavy atom. The molecule has 2 rings (SSSR count). The SMILES string of the molecule is ClSc1ccc2c(c1)CCCC2. The van der Waals surface area contributed by atoms with Gasteiger partial charge in [0, 0.05) is 4.90 Å². The van der Waals surface area contributed by atoms with E-state index in [2.05, 4.69) is 18.2 Å². The molecule has 1 aromatic rings. The lowest BCUT2D eigenvalue weighted by molar-refractivity contribution is 0.684. The Balaban J connectivity index is 2.36. The van der Waals surface area contributed by atoms with Crippen molar-refractivity contribution < 1.29 is 0 Å². The Hall–Kier alpha value is -0.140. The summed E-state index contributed by atoms with van der Waals surface area (Å²) in [6.07, 6.45) is 5.17. The summed E-state index contributed by atoms with van der Waals surface area (Å²) in [6, 6.07) is 6.56. The summed E-state index contributed by atoms with van der Waals surface area (Å²) in [5.74, 6) is 0. The van der Waals surface area contributed by atoms with Gasteiger partial charge in [-0.05, 0) is 70.6 Å². The molecular formula is C10H11ClS. The maximum absolute atomic E-state index is 5.69. The van der Waals surface area contributed by atoms with Crippen LogP contribution < -0.4 is 0 Å². The molecule has 0 nitrogen and oxygen atoms in total. The maximum Gasteiger partial charge on any atom is 0.0236 e. The zero-order valence-electron chi connectivity index (χ0n) is 6.85. The fraction of sp³-hybridized carbons (Fsp3) is 0.400. The van der Waals surface area contributed by atoms with Gasteiger partial charge < -0.3 is 0 Å². The van der Waals surface area contributed by atoms with Gasteiger partial charge in [-0.15, -0.1) is 0 Å². The van der Waals surface area contributed by atoms with Crippen LogP contribution in [-0.2, 0) is 12.8 Å². The van der Waals surface area contributed by atoms with Crippen molar-refractivity contribution in [3.8, 4) is 0 Å². The number of aryl methyl sites for hydroxylation is 2. The highest BCUT2D eigenvalue weighted by Gasteiger charge is 2.08. The largest absolute Gasteiger partial charge is 0.0576 e. The maximum atomic E-state index is 5.69. The van der Waals surface area contributed by atoms with E-state index in [1.54, 1.807) is 0 Å². The van der Waals surface area contributed by atoms with E-state index in [9.17, 15) is 0 Å². The molecule has 0 bridgehead atoms. The molecule has 1 aromatic carbocycles. The van der Waals surface area contributed by atoms with Crippen molar-refractivity contribution in [2.45, 2.75) is 30.6 Å². The van der Waals surface area contributed by atoms with E-state index in [1.807, 2.05) is 0 Å². The van der Waals surface area contributed by atoms with Crippen LogP contribution in [0.1, 0.15) is 24.0 Å². The van der Waals surface area contributed by atoms with Crippen molar-refractivity contribution >= 4 is 21.7 Å². The van der Waals surface area contributed by atoms with Crippen LogP contribution in [0.25, 0.3) is 0 Å². The zero-order valence-corrected chi connectivity index (χ0v) is 8.42. The van der Waals surface area contributed by atoms with E-state index in [-0.39, 0.29) is 0 Å². The molecule has 64 valence electrons. The molecule has 0 fully saturated rings. The Morgan fingerprint density at radius 3 is 2.58 bits per heavy atom. The number of hydrogen-bond donors (Lipinski definition) is 0. The molecule has 0 N–H and O–H groups in total. The van der Waals surface area contributed by atoms with Gasteiger partial charge in [0.1, 0.15) is 0 Å². The predicted molar refractivity (Wildman–Crippen MR) is 54.8 cm³/mol. The molecule has 0 aromatic heterocycles. The third-order valence-corrected chi connectivity index (χ3v) is 3.38. The molecule has 12 heavy (non-hydrogen) atoms. The Labute approximate surface area is 81.8 Å². The van der Waals surface area contributed by atoms with E-state index in [4.69, 9.17) is 10.7 Å². The molecule has 0 heterocycles. The van der Waals surface area contributed by atoms with E-state index >= 15 is 0 Å². The molecule has 0 aliphatic heterocycles.